The van der Waals surface area contributed by atoms with Gasteiger partial charge >= 0.3 is 0 Å². The Bertz CT molecular complexity index is 190. The lowest BCUT2D eigenvalue weighted by molar-refractivity contribution is 0.197. The average Bonchev–Trinajstić information content (AvgIpc) is 2.69. The van der Waals surface area contributed by atoms with E-state index < -0.39 is 0 Å². The molecule has 102 valence electrons. The molecule has 0 radical (unpaired) electrons. The van der Waals surface area contributed by atoms with E-state index in [0.717, 1.165) is 25.7 Å². The minimum absolute atomic E-state index is 0.779. The molecule has 0 aromatic carbocycles. The molecule has 1 fully saturated rings. The Morgan fingerprint density at radius 2 is 2.24 bits per heavy atom. The molecule has 0 aromatic heterocycles. The fraction of sp³-hybridized carbons (Fsp3) is 1.00. The maximum Gasteiger partial charge on any atom is 0.0587 e. The van der Waals surface area contributed by atoms with Gasteiger partial charge in [0.15, 0.2) is 0 Å². The van der Waals surface area contributed by atoms with Crippen molar-refractivity contribution in [2.75, 3.05) is 60.5 Å². The second-order valence-corrected chi connectivity index (χ2v) is 5.14. The Morgan fingerprint density at radius 3 is 2.88 bits per heavy atom. The zero-order chi connectivity index (χ0) is 12.5. The van der Waals surface area contributed by atoms with Crippen molar-refractivity contribution in [2.45, 2.75) is 25.3 Å². The van der Waals surface area contributed by atoms with Gasteiger partial charge in [0.25, 0.3) is 0 Å². The van der Waals surface area contributed by atoms with Crippen molar-refractivity contribution in [1.29, 1.82) is 0 Å². The highest BCUT2D eigenvalue weighted by Gasteiger charge is 2.21. The number of methoxy groups -OCH3 is 1. The van der Waals surface area contributed by atoms with Gasteiger partial charge in [0.2, 0.25) is 0 Å². The molecule has 1 unspecified atom stereocenters. The summed E-state index contributed by atoms with van der Waals surface area (Å²) in [7, 11) is 6.23. The molecule has 1 N–H and O–H groups in total. The minimum Gasteiger partial charge on any atom is -0.383 e. The van der Waals surface area contributed by atoms with E-state index in [1.54, 1.807) is 7.11 Å². The standard InChI is InChI=1S/C13H29N3O/c1-15(9-5-7-14-8-11-17-3)12-13-6-4-10-16(13)2/h13-14H,4-12H2,1-3H3. The van der Waals surface area contributed by atoms with Gasteiger partial charge in [-0.2, -0.15) is 0 Å². The third-order valence-corrected chi connectivity index (χ3v) is 3.57. The number of ether oxygens (including phenoxy) is 1. The topological polar surface area (TPSA) is 27.7 Å². The van der Waals surface area contributed by atoms with Gasteiger partial charge in [-0.05, 0) is 53.0 Å². The molecule has 0 bridgehead atoms. The summed E-state index contributed by atoms with van der Waals surface area (Å²) in [5.74, 6) is 0. The van der Waals surface area contributed by atoms with Crippen molar-refractivity contribution in [3.8, 4) is 0 Å². The van der Waals surface area contributed by atoms with E-state index in [2.05, 4.69) is 29.2 Å². The first-order valence-electron chi connectivity index (χ1n) is 6.82. The van der Waals surface area contributed by atoms with Gasteiger partial charge in [-0.25, -0.2) is 0 Å². The van der Waals surface area contributed by atoms with Gasteiger partial charge in [0, 0.05) is 26.2 Å². The molecule has 1 aliphatic heterocycles. The molecule has 17 heavy (non-hydrogen) atoms. The first-order chi connectivity index (χ1) is 8.24. The van der Waals surface area contributed by atoms with Crippen LogP contribution >= 0.6 is 0 Å². The van der Waals surface area contributed by atoms with E-state index in [4.69, 9.17) is 4.74 Å². The molecule has 4 nitrogen and oxygen atoms in total. The fourth-order valence-corrected chi connectivity index (χ4v) is 2.43. The van der Waals surface area contributed by atoms with Crippen LogP contribution in [0.3, 0.4) is 0 Å². The number of nitrogens with zero attached hydrogens (tertiary/aromatic N) is 2. The van der Waals surface area contributed by atoms with Crippen LogP contribution in [0.2, 0.25) is 0 Å². The quantitative estimate of drug-likeness (QED) is 0.602. The number of likely N-dealkylation sites (N-methyl/N-ethyl adjacent to an activating group) is 2. The van der Waals surface area contributed by atoms with E-state index in [1.165, 1.54) is 38.9 Å². The Balaban J connectivity index is 1.95. The lowest BCUT2D eigenvalue weighted by Crippen LogP contribution is -2.37. The molecule has 1 saturated heterocycles. The number of nitrogens with one attached hydrogen (secondary N) is 1. The Labute approximate surface area is 106 Å². The van der Waals surface area contributed by atoms with Crippen LogP contribution in [0.1, 0.15) is 19.3 Å². The van der Waals surface area contributed by atoms with Crippen LogP contribution in [0.15, 0.2) is 0 Å². The first kappa shape index (κ1) is 14.9. The van der Waals surface area contributed by atoms with Gasteiger partial charge in [0.1, 0.15) is 0 Å². The van der Waals surface area contributed by atoms with E-state index in [0.29, 0.717) is 0 Å². The molecule has 1 atom stereocenters. The van der Waals surface area contributed by atoms with E-state index in [-0.39, 0.29) is 0 Å². The average molecular weight is 243 g/mol. The summed E-state index contributed by atoms with van der Waals surface area (Å²) in [4.78, 5) is 4.96. The molecular weight excluding hydrogens is 214 g/mol. The van der Waals surface area contributed by atoms with Crippen LogP contribution in [0.25, 0.3) is 0 Å². The van der Waals surface area contributed by atoms with Crippen molar-refractivity contribution >= 4 is 0 Å². The summed E-state index contributed by atoms with van der Waals surface area (Å²) in [6.45, 7) is 6.54. The highest BCUT2D eigenvalue weighted by molar-refractivity contribution is 4.78. The Morgan fingerprint density at radius 1 is 1.41 bits per heavy atom. The van der Waals surface area contributed by atoms with E-state index >= 15 is 0 Å². The maximum atomic E-state index is 4.99. The highest BCUT2D eigenvalue weighted by atomic mass is 16.5. The monoisotopic (exact) mass is 243 g/mol. The molecule has 1 rings (SSSR count). The van der Waals surface area contributed by atoms with Gasteiger partial charge in [-0.3, -0.25) is 0 Å². The van der Waals surface area contributed by atoms with Crippen molar-refractivity contribution < 1.29 is 4.74 Å². The molecule has 4 heteroatoms. The van der Waals surface area contributed by atoms with E-state index in [1.807, 2.05) is 0 Å². The molecule has 0 spiro atoms. The lowest BCUT2D eigenvalue weighted by atomic mass is 10.2. The molecule has 0 saturated carbocycles. The number of likely N-dealkylation sites (tertiary alicyclic amines) is 1. The minimum atomic E-state index is 0.779. The van der Waals surface area contributed by atoms with Crippen molar-refractivity contribution in [3.63, 3.8) is 0 Å². The van der Waals surface area contributed by atoms with E-state index in [9.17, 15) is 0 Å². The molecule has 0 amide bonds. The summed E-state index contributed by atoms with van der Waals surface area (Å²) in [5.41, 5.74) is 0. The Kier molecular flexibility index (Phi) is 7.77. The van der Waals surface area contributed by atoms with Crippen LogP contribution in [-0.4, -0.2) is 76.4 Å². The molecule has 0 aromatic rings. The van der Waals surface area contributed by atoms with Crippen molar-refractivity contribution in [1.82, 2.24) is 15.1 Å². The third kappa shape index (κ3) is 6.36. The summed E-state index contributed by atoms with van der Waals surface area (Å²) in [5, 5.41) is 3.38. The maximum absolute atomic E-state index is 4.99. The predicted molar refractivity (Wildman–Crippen MR) is 72.5 cm³/mol. The van der Waals surface area contributed by atoms with Crippen molar-refractivity contribution in [2.24, 2.45) is 0 Å². The van der Waals surface area contributed by atoms with Crippen molar-refractivity contribution in [3.05, 3.63) is 0 Å². The van der Waals surface area contributed by atoms with Gasteiger partial charge in [-0.1, -0.05) is 0 Å². The Hall–Kier alpha value is -0.160. The zero-order valence-electron chi connectivity index (χ0n) is 11.7. The first-order valence-corrected chi connectivity index (χ1v) is 6.82. The third-order valence-electron chi connectivity index (χ3n) is 3.57. The van der Waals surface area contributed by atoms with Gasteiger partial charge in [0.05, 0.1) is 6.61 Å². The second kappa shape index (κ2) is 8.86. The zero-order valence-corrected chi connectivity index (χ0v) is 11.7. The highest BCUT2D eigenvalue weighted by Crippen LogP contribution is 2.15. The summed E-state index contributed by atoms with van der Waals surface area (Å²) >= 11 is 0. The van der Waals surface area contributed by atoms with Crippen LogP contribution in [0.5, 0.6) is 0 Å². The molecule has 0 aliphatic carbocycles. The van der Waals surface area contributed by atoms with Crippen LogP contribution in [-0.2, 0) is 4.74 Å². The second-order valence-electron chi connectivity index (χ2n) is 5.14. The van der Waals surface area contributed by atoms with Crippen LogP contribution in [0, 0.1) is 0 Å². The predicted octanol–water partition coefficient (Wildman–Crippen LogP) is 0.639. The number of hydrogen-bond donors (Lipinski definition) is 1. The molecular formula is C13H29N3O. The fourth-order valence-electron chi connectivity index (χ4n) is 2.43. The lowest BCUT2D eigenvalue weighted by Gasteiger charge is -2.25. The normalized spacial score (nSPS) is 21.5. The SMILES string of the molecule is COCCNCCCN(C)CC1CCCN1C. The number of rotatable bonds is 9. The molecule has 1 heterocycles. The van der Waals surface area contributed by atoms with Crippen LogP contribution < -0.4 is 5.32 Å². The smallest absolute Gasteiger partial charge is 0.0587 e. The van der Waals surface area contributed by atoms with Gasteiger partial charge < -0.3 is 19.9 Å². The molecule has 1 aliphatic rings. The van der Waals surface area contributed by atoms with Crippen LogP contribution in [0.4, 0.5) is 0 Å². The van der Waals surface area contributed by atoms with Gasteiger partial charge in [-0.15, -0.1) is 0 Å². The number of hydrogen-bond acceptors (Lipinski definition) is 4. The largest absolute Gasteiger partial charge is 0.383 e. The summed E-state index contributed by atoms with van der Waals surface area (Å²) < 4.78 is 4.99. The summed E-state index contributed by atoms with van der Waals surface area (Å²) in [6, 6.07) is 0.779. The summed E-state index contributed by atoms with van der Waals surface area (Å²) in [6.07, 6.45) is 3.96.